The zero-order chi connectivity index (χ0) is 20.0. The lowest BCUT2D eigenvalue weighted by molar-refractivity contribution is 0.302. The first kappa shape index (κ1) is 22.9. The molecule has 2 nitrogen and oxygen atoms in total. The van der Waals surface area contributed by atoms with Gasteiger partial charge in [-0.1, -0.05) is 64.0 Å². The van der Waals surface area contributed by atoms with Crippen LogP contribution in [0, 0.1) is 6.92 Å². The van der Waals surface area contributed by atoms with Crippen LogP contribution in [0.1, 0.15) is 76.7 Å². The molecular formula is C25H37ClO2. The fourth-order valence-corrected chi connectivity index (χ4v) is 3.68. The molecular weight excluding hydrogens is 368 g/mol. The highest BCUT2D eigenvalue weighted by Gasteiger charge is 2.06. The van der Waals surface area contributed by atoms with Crippen molar-refractivity contribution < 1.29 is 9.47 Å². The van der Waals surface area contributed by atoms with Gasteiger partial charge in [0.15, 0.2) is 0 Å². The SMILES string of the molecule is CCCCCCOc1ccc2c(C)c(OCCCCCCCCCl)ccc2c1. The first-order chi connectivity index (χ1) is 13.8. The summed E-state index contributed by atoms with van der Waals surface area (Å²) in [6.45, 7) is 5.97. The Kier molecular flexibility index (Phi) is 11.2. The van der Waals surface area contributed by atoms with Crippen molar-refractivity contribution in [2.45, 2.75) is 78.1 Å². The predicted octanol–water partition coefficient (Wildman–Crippen LogP) is 8.07. The molecule has 0 atom stereocenters. The molecule has 0 N–H and O–H groups in total. The van der Waals surface area contributed by atoms with E-state index in [9.17, 15) is 0 Å². The van der Waals surface area contributed by atoms with Gasteiger partial charge in [0, 0.05) is 5.88 Å². The Balaban J connectivity index is 1.79. The molecule has 156 valence electrons. The Morgan fingerprint density at radius 2 is 1.43 bits per heavy atom. The Labute approximate surface area is 176 Å². The Bertz CT molecular complexity index is 684. The largest absolute Gasteiger partial charge is 0.494 e. The van der Waals surface area contributed by atoms with Gasteiger partial charge in [-0.25, -0.2) is 0 Å². The van der Waals surface area contributed by atoms with Crippen LogP contribution in [0.25, 0.3) is 10.8 Å². The van der Waals surface area contributed by atoms with Crippen molar-refractivity contribution in [1.82, 2.24) is 0 Å². The smallest absolute Gasteiger partial charge is 0.122 e. The first-order valence-corrected chi connectivity index (χ1v) is 11.6. The molecule has 28 heavy (non-hydrogen) atoms. The third kappa shape index (κ3) is 7.91. The van der Waals surface area contributed by atoms with Crippen LogP contribution in [0.15, 0.2) is 30.3 Å². The number of hydrogen-bond acceptors (Lipinski definition) is 2. The van der Waals surface area contributed by atoms with Gasteiger partial charge in [0.25, 0.3) is 0 Å². The molecule has 0 spiro atoms. The maximum Gasteiger partial charge on any atom is 0.122 e. The van der Waals surface area contributed by atoms with E-state index < -0.39 is 0 Å². The predicted molar refractivity (Wildman–Crippen MR) is 122 cm³/mol. The highest BCUT2D eigenvalue weighted by atomic mass is 35.5. The zero-order valence-corrected chi connectivity index (χ0v) is 18.5. The van der Waals surface area contributed by atoms with Gasteiger partial charge < -0.3 is 9.47 Å². The molecule has 0 aliphatic rings. The molecule has 0 saturated carbocycles. The molecule has 0 radical (unpaired) electrons. The molecule has 3 heteroatoms. The summed E-state index contributed by atoms with van der Waals surface area (Å²) in [7, 11) is 0. The van der Waals surface area contributed by atoms with E-state index in [-0.39, 0.29) is 0 Å². The maximum atomic E-state index is 6.05. The van der Waals surface area contributed by atoms with Crippen LogP contribution < -0.4 is 9.47 Å². The minimum Gasteiger partial charge on any atom is -0.494 e. The quantitative estimate of drug-likeness (QED) is 0.220. The molecule has 0 aromatic heterocycles. The molecule has 0 heterocycles. The molecule has 0 aliphatic heterocycles. The van der Waals surface area contributed by atoms with Crippen molar-refractivity contribution in [2.75, 3.05) is 19.1 Å². The van der Waals surface area contributed by atoms with Crippen LogP contribution in [0.3, 0.4) is 0 Å². The van der Waals surface area contributed by atoms with Gasteiger partial charge >= 0.3 is 0 Å². The van der Waals surface area contributed by atoms with E-state index in [2.05, 4.69) is 44.2 Å². The summed E-state index contributed by atoms with van der Waals surface area (Å²) in [4.78, 5) is 0. The molecule has 0 amide bonds. The Hall–Kier alpha value is -1.41. The maximum absolute atomic E-state index is 6.05. The second-order valence-corrected chi connectivity index (χ2v) is 8.02. The highest BCUT2D eigenvalue weighted by molar-refractivity contribution is 6.17. The number of benzene rings is 2. The normalized spacial score (nSPS) is 11.1. The van der Waals surface area contributed by atoms with Crippen molar-refractivity contribution in [3.8, 4) is 11.5 Å². The van der Waals surface area contributed by atoms with Gasteiger partial charge in [0.05, 0.1) is 13.2 Å². The third-order valence-electron chi connectivity index (χ3n) is 5.26. The van der Waals surface area contributed by atoms with Crippen molar-refractivity contribution in [1.29, 1.82) is 0 Å². The summed E-state index contributed by atoms with van der Waals surface area (Å²) >= 11 is 5.71. The van der Waals surface area contributed by atoms with Gasteiger partial charge in [-0.05, 0) is 60.7 Å². The van der Waals surface area contributed by atoms with Crippen molar-refractivity contribution in [3.63, 3.8) is 0 Å². The number of fused-ring (bicyclic) bond motifs is 1. The fourth-order valence-electron chi connectivity index (χ4n) is 3.49. The Morgan fingerprint density at radius 3 is 2.18 bits per heavy atom. The van der Waals surface area contributed by atoms with Gasteiger partial charge in [-0.2, -0.15) is 0 Å². The standard InChI is InChI=1S/C25H37ClO2/c1-3-4-5-11-18-27-23-14-15-24-21(2)25(16-13-22(24)20-23)28-19-12-9-7-6-8-10-17-26/h13-16,20H,3-12,17-19H2,1-2H3. The van der Waals surface area contributed by atoms with Gasteiger partial charge in [-0.3, -0.25) is 0 Å². The van der Waals surface area contributed by atoms with Gasteiger partial charge in [-0.15, -0.1) is 11.6 Å². The average molecular weight is 405 g/mol. The summed E-state index contributed by atoms with van der Waals surface area (Å²) in [6.07, 6.45) is 12.2. The van der Waals surface area contributed by atoms with Crippen LogP contribution in [0.4, 0.5) is 0 Å². The zero-order valence-electron chi connectivity index (χ0n) is 17.8. The molecule has 2 aromatic carbocycles. The topological polar surface area (TPSA) is 18.5 Å². The molecule has 0 saturated heterocycles. The minimum absolute atomic E-state index is 0.789. The summed E-state index contributed by atoms with van der Waals surface area (Å²) in [5, 5.41) is 2.46. The third-order valence-corrected chi connectivity index (χ3v) is 5.53. The molecule has 2 aromatic rings. The van der Waals surface area contributed by atoms with Gasteiger partial charge in [0.1, 0.15) is 11.5 Å². The second kappa shape index (κ2) is 13.7. The fraction of sp³-hybridized carbons (Fsp3) is 0.600. The summed E-state index contributed by atoms with van der Waals surface area (Å²) < 4.78 is 12.0. The van der Waals surface area contributed by atoms with E-state index in [0.29, 0.717) is 0 Å². The lowest BCUT2D eigenvalue weighted by atomic mass is 10.0. The van der Waals surface area contributed by atoms with Crippen LogP contribution in [0.2, 0.25) is 0 Å². The summed E-state index contributed by atoms with van der Waals surface area (Å²) in [5.74, 6) is 2.76. The molecule has 0 bridgehead atoms. The van der Waals surface area contributed by atoms with Crippen LogP contribution in [0.5, 0.6) is 11.5 Å². The summed E-state index contributed by atoms with van der Waals surface area (Å²) in [5.41, 5.74) is 1.22. The average Bonchev–Trinajstić information content (AvgIpc) is 2.71. The van der Waals surface area contributed by atoms with Crippen molar-refractivity contribution in [2.24, 2.45) is 0 Å². The van der Waals surface area contributed by atoms with E-state index in [1.807, 2.05) is 0 Å². The number of ether oxygens (including phenoxy) is 2. The first-order valence-electron chi connectivity index (χ1n) is 11.1. The number of alkyl halides is 1. The number of hydrogen-bond donors (Lipinski definition) is 0. The number of unbranched alkanes of at least 4 members (excludes halogenated alkanes) is 8. The van der Waals surface area contributed by atoms with Crippen LogP contribution in [-0.2, 0) is 0 Å². The lowest BCUT2D eigenvalue weighted by Gasteiger charge is -2.13. The molecule has 0 fully saturated rings. The summed E-state index contributed by atoms with van der Waals surface area (Å²) in [6, 6.07) is 10.6. The molecule has 0 aliphatic carbocycles. The van der Waals surface area contributed by atoms with E-state index in [1.165, 1.54) is 61.3 Å². The van der Waals surface area contributed by atoms with Crippen LogP contribution in [-0.4, -0.2) is 19.1 Å². The second-order valence-electron chi connectivity index (χ2n) is 7.64. The minimum atomic E-state index is 0.789. The highest BCUT2D eigenvalue weighted by Crippen LogP contribution is 2.30. The van der Waals surface area contributed by atoms with Gasteiger partial charge in [0.2, 0.25) is 0 Å². The number of aryl methyl sites for hydroxylation is 1. The molecule has 0 unspecified atom stereocenters. The van der Waals surface area contributed by atoms with E-state index >= 15 is 0 Å². The van der Waals surface area contributed by atoms with E-state index in [4.69, 9.17) is 21.1 Å². The van der Waals surface area contributed by atoms with Crippen LogP contribution >= 0.6 is 11.6 Å². The van der Waals surface area contributed by atoms with Crippen molar-refractivity contribution >= 4 is 22.4 Å². The molecule has 2 rings (SSSR count). The monoisotopic (exact) mass is 404 g/mol. The Morgan fingerprint density at radius 1 is 0.750 bits per heavy atom. The number of rotatable bonds is 15. The van der Waals surface area contributed by atoms with E-state index in [1.54, 1.807) is 0 Å². The lowest BCUT2D eigenvalue weighted by Crippen LogP contribution is -2.00. The van der Waals surface area contributed by atoms with E-state index in [0.717, 1.165) is 49.9 Å². The van der Waals surface area contributed by atoms with Crippen molar-refractivity contribution in [3.05, 3.63) is 35.9 Å². The number of halogens is 1.